The van der Waals surface area contributed by atoms with Gasteiger partial charge in [-0.2, -0.15) is 5.10 Å². The Hall–Kier alpha value is -3.16. The number of hydrogen-bond acceptors (Lipinski definition) is 6. The first-order valence-corrected chi connectivity index (χ1v) is 11.1. The third-order valence-electron chi connectivity index (χ3n) is 4.14. The molecule has 3 aromatic carbocycles. The van der Waals surface area contributed by atoms with Crippen LogP contribution in [0.15, 0.2) is 82.2 Å². The highest BCUT2D eigenvalue weighted by Crippen LogP contribution is 2.29. The lowest BCUT2D eigenvalue weighted by atomic mass is 10.2. The lowest BCUT2D eigenvalue weighted by Gasteiger charge is -2.06. The molecule has 0 fully saturated rings. The number of thiazole rings is 1. The highest BCUT2D eigenvalue weighted by atomic mass is 32.2. The number of fused-ring (bicyclic) bond motifs is 1. The SMILES string of the molecule is Cc1ccc(Oc2ccc(/C=N/NC(=O)CSc3nc4ccccc4s3)cc2)cc1. The number of carbonyl (C=O) groups excluding carboxylic acids is 1. The number of hydrogen-bond donors (Lipinski definition) is 1. The standard InChI is InChI=1S/C23H19N3O2S2/c1-16-6-10-18(11-7-16)28-19-12-8-17(9-13-19)14-24-26-22(27)15-29-23-25-20-4-2-3-5-21(20)30-23/h2-14H,15H2,1H3,(H,26,27)/b24-14+. The van der Waals surface area contributed by atoms with Crippen LogP contribution in [-0.2, 0) is 4.79 Å². The molecule has 4 rings (SSSR count). The second-order valence-electron chi connectivity index (χ2n) is 6.51. The van der Waals surface area contributed by atoms with Gasteiger partial charge in [0, 0.05) is 0 Å². The number of nitrogens with one attached hydrogen (secondary N) is 1. The molecule has 0 aliphatic carbocycles. The summed E-state index contributed by atoms with van der Waals surface area (Å²) in [6.07, 6.45) is 1.61. The summed E-state index contributed by atoms with van der Waals surface area (Å²) < 4.78 is 7.80. The van der Waals surface area contributed by atoms with Crippen LogP contribution in [0, 0.1) is 6.92 Å². The van der Waals surface area contributed by atoms with E-state index in [1.165, 1.54) is 17.3 Å². The average molecular weight is 434 g/mol. The fraction of sp³-hybridized carbons (Fsp3) is 0.0870. The Morgan fingerprint density at radius 2 is 1.77 bits per heavy atom. The zero-order valence-corrected chi connectivity index (χ0v) is 17.9. The number of aryl methyl sites for hydroxylation is 1. The molecule has 0 saturated heterocycles. The quantitative estimate of drug-likeness (QED) is 0.233. The summed E-state index contributed by atoms with van der Waals surface area (Å²) in [5.41, 5.74) is 5.56. The van der Waals surface area contributed by atoms with Gasteiger partial charge in [0.05, 0.1) is 22.2 Å². The van der Waals surface area contributed by atoms with Gasteiger partial charge in [-0.25, -0.2) is 10.4 Å². The summed E-state index contributed by atoms with van der Waals surface area (Å²) in [6.45, 7) is 2.04. The first-order valence-electron chi connectivity index (χ1n) is 9.30. The largest absolute Gasteiger partial charge is 0.457 e. The van der Waals surface area contributed by atoms with E-state index in [1.807, 2.05) is 79.7 Å². The fourth-order valence-corrected chi connectivity index (χ4v) is 4.48. The summed E-state index contributed by atoms with van der Waals surface area (Å²) in [4.78, 5) is 16.5. The summed E-state index contributed by atoms with van der Waals surface area (Å²) in [6, 6.07) is 23.3. The van der Waals surface area contributed by atoms with Crippen molar-refractivity contribution in [3.63, 3.8) is 0 Å². The Kier molecular flexibility index (Phi) is 6.41. The molecule has 1 amide bonds. The molecule has 30 heavy (non-hydrogen) atoms. The van der Waals surface area contributed by atoms with Crippen molar-refractivity contribution in [2.75, 3.05) is 5.75 Å². The number of amides is 1. The van der Waals surface area contributed by atoms with Crippen molar-refractivity contribution in [1.82, 2.24) is 10.4 Å². The maximum absolute atomic E-state index is 12.0. The van der Waals surface area contributed by atoms with Crippen LogP contribution in [0.2, 0.25) is 0 Å². The molecular formula is C23H19N3O2S2. The Labute approximate surface area is 182 Å². The molecule has 7 heteroatoms. The number of aromatic nitrogens is 1. The zero-order valence-electron chi connectivity index (χ0n) is 16.2. The van der Waals surface area contributed by atoms with E-state index in [2.05, 4.69) is 15.5 Å². The van der Waals surface area contributed by atoms with Crippen LogP contribution >= 0.6 is 23.1 Å². The Morgan fingerprint density at radius 3 is 2.50 bits per heavy atom. The zero-order chi connectivity index (χ0) is 20.8. The highest BCUT2D eigenvalue weighted by Gasteiger charge is 2.07. The first-order chi connectivity index (χ1) is 14.7. The van der Waals surface area contributed by atoms with Crippen LogP contribution < -0.4 is 10.2 Å². The molecule has 4 aromatic rings. The number of thioether (sulfide) groups is 1. The number of carbonyl (C=O) groups is 1. The van der Waals surface area contributed by atoms with Gasteiger partial charge in [0.1, 0.15) is 11.5 Å². The van der Waals surface area contributed by atoms with Crippen LogP contribution in [-0.4, -0.2) is 22.9 Å². The van der Waals surface area contributed by atoms with Crippen LogP contribution in [0.3, 0.4) is 0 Å². The molecule has 0 aliphatic rings. The number of nitrogens with zero attached hydrogens (tertiary/aromatic N) is 2. The monoisotopic (exact) mass is 433 g/mol. The Bertz CT molecular complexity index is 1140. The predicted octanol–water partition coefficient (Wildman–Crippen LogP) is 5.64. The number of benzene rings is 3. The summed E-state index contributed by atoms with van der Waals surface area (Å²) >= 11 is 2.99. The van der Waals surface area contributed by atoms with Crippen LogP contribution in [0.1, 0.15) is 11.1 Å². The van der Waals surface area contributed by atoms with Gasteiger partial charge >= 0.3 is 0 Å². The normalized spacial score (nSPS) is 11.1. The molecule has 0 aliphatic heterocycles. The molecule has 0 unspecified atom stereocenters. The van der Waals surface area contributed by atoms with E-state index in [0.717, 1.165) is 31.6 Å². The fourth-order valence-electron chi connectivity index (χ4n) is 2.62. The molecule has 0 radical (unpaired) electrons. The van der Waals surface area contributed by atoms with E-state index in [0.29, 0.717) is 0 Å². The summed E-state index contributed by atoms with van der Waals surface area (Å²) in [5, 5.41) is 4.02. The van der Waals surface area contributed by atoms with Crippen molar-refractivity contribution >= 4 is 45.4 Å². The lowest BCUT2D eigenvalue weighted by molar-refractivity contribution is -0.118. The predicted molar refractivity (Wildman–Crippen MR) is 124 cm³/mol. The van der Waals surface area contributed by atoms with E-state index in [1.54, 1.807) is 17.6 Å². The van der Waals surface area contributed by atoms with Crippen LogP contribution in [0.4, 0.5) is 0 Å². The van der Waals surface area contributed by atoms with Crippen molar-refractivity contribution in [3.05, 3.63) is 83.9 Å². The molecule has 0 bridgehead atoms. The van der Waals surface area contributed by atoms with Crippen molar-refractivity contribution < 1.29 is 9.53 Å². The van der Waals surface area contributed by atoms with Gasteiger partial charge in [-0.1, -0.05) is 41.6 Å². The van der Waals surface area contributed by atoms with Crippen molar-refractivity contribution in [2.45, 2.75) is 11.3 Å². The van der Waals surface area contributed by atoms with Gasteiger partial charge < -0.3 is 4.74 Å². The molecule has 0 spiro atoms. The Balaban J connectivity index is 1.25. The minimum absolute atomic E-state index is 0.171. The number of hydrazone groups is 1. The van der Waals surface area contributed by atoms with Crippen molar-refractivity contribution in [2.24, 2.45) is 5.10 Å². The molecule has 1 N–H and O–H groups in total. The summed E-state index contributed by atoms with van der Waals surface area (Å²) in [5.74, 6) is 1.63. The second kappa shape index (κ2) is 9.56. The topological polar surface area (TPSA) is 63.6 Å². The van der Waals surface area contributed by atoms with E-state index >= 15 is 0 Å². The van der Waals surface area contributed by atoms with Gasteiger partial charge in [-0.15, -0.1) is 11.3 Å². The van der Waals surface area contributed by atoms with Gasteiger partial charge in [0.15, 0.2) is 4.34 Å². The minimum Gasteiger partial charge on any atom is -0.457 e. The van der Waals surface area contributed by atoms with Gasteiger partial charge in [-0.3, -0.25) is 4.79 Å². The third kappa shape index (κ3) is 5.46. The molecule has 1 aromatic heterocycles. The molecule has 1 heterocycles. The van der Waals surface area contributed by atoms with E-state index in [-0.39, 0.29) is 11.7 Å². The van der Waals surface area contributed by atoms with Gasteiger partial charge in [-0.05, 0) is 61.0 Å². The van der Waals surface area contributed by atoms with Gasteiger partial charge in [0.2, 0.25) is 0 Å². The lowest BCUT2D eigenvalue weighted by Crippen LogP contribution is -2.19. The highest BCUT2D eigenvalue weighted by molar-refractivity contribution is 8.01. The minimum atomic E-state index is -0.171. The molecule has 0 saturated carbocycles. The number of ether oxygens (including phenoxy) is 1. The number of para-hydroxylation sites is 1. The third-order valence-corrected chi connectivity index (χ3v) is 6.32. The van der Waals surface area contributed by atoms with Crippen molar-refractivity contribution in [1.29, 1.82) is 0 Å². The number of rotatable bonds is 7. The molecular weight excluding hydrogens is 414 g/mol. The van der Waals surface area contributed by atoms with E-state index < -0.39 is 0 Å². The second-order valence-corrected chi connectivity index (χ2v) is 8.77. The van der Waals surface area contributed by atoms with Gasteiger partial charge in [0.25, 0.3) is 5.91 Å². The van der Waals surface area contributed by atoms with Crippen molar-refractivity contribution in [3.8, 4) is 11.5 Å². The van der Waals surface area contributed by atoms with E-state index in [4.69, 9.17) is 4.74 Å². The smallest absolute Gasteiger partial charge is 0.250 e. The molecule has 0 atom stereocenters. The average Bonchev–Trinajstić information content (AvgIpc) is 3.18. The summed E-state index contributed by atoms with van der Waals surface area (Å²) in [7, 11) is 0. The first kappa shape index (κ1) is 20.1. The van der Waals surface area contributed by atoms with Crippen LogP contribution in [0.25, 0.3) is 10.2 Å². The maximum Gasteiger partial charge on any atom is 0.250 e. The maximum atomic E-state index is 12.0. The van der Waals surface area contributed by atoms with Crippen LogP contribution in [0.5, 0.6) is 11.5 Å². The molecule has 150 valence electrons. The Morgan fingerprint density at radius 1 is 1.07 bits per heavy atom. The molecule has 5 nitrogen and oxygen atoms in total. The van der Waals surface area contributed by atoms with E-state index in [9.17, 15) is 4.79 Å².